The van der Waals surface area contributed by atoms with E-state index in [4.69, 9.17) is 5.73 Å². The predicted molar refractivity (Wildman–Crippen MR) is 87.7 cm³/mol. The molecule has 0 aliphatic heterocycles. The standard InChI is InChI=1S/C18H32N2/c1-3-4-5-6-7-8-9-10-11-12-18(19)17-15-20-14-13-16(17)2/h13-15,18H,3-12,19H2,1-2H3. The van der Waals surface area contributed by atoms with E-state index in [2.05, 4.69) is 18.8 Å². The molecule has 2 nitrogen and oxygen atoms in total. The molecule has 1 heterocycles. The fourth-order valence-corrected chi connectivity index (χ4v) is 2.69. The maximum absolute atomic E-state index is 6.25. The summed E-state index contributed by atoms with van der Waals surface area (Å²) in [6.45, 7) is 4.39. The molecule has 1 rings (SSSR count). The first kappa shape index (κ1) is 17.2. The first-order chi connectivity index (χ1) is 9.75. The van der Waals surface area contributed by atoms with Crippen molar-refractivity contribution >= 4 is 0 Å². The summed E-state index contributed by atoms with van der Waals surface area (Å²) in [4.78, 5) is 4.18. The summed E-state index contributed by atoms with van der Waals surface area (Å²) in [5.74, 6) is 0. The van der Waals surface area contributed by atoms with Crippen molar-refractivity contribution in [2.24, 2.45) is 5.73 Å². The van der Waals surface area contributed by atoms with Crippen LogP contribution in [0, 0.1) is 6.92 Å². The summed E-state index contributed by atoms with van der Waals surface area (Å²) in [6, 6.07) is 2.21. The van der Waals surface area contributed by atoms with Crippen molar-refractivity contribution in [3.63, 3.8) is 0 Å². The minimum Gasteiger partial charge on any atom is -0.324 e. The van der Waals surface area contributed by atoms with Crippen molar-refractivity contribution in [3.8, 4) is 0 Å². The topological polar surface area (TPSA) is 38.9 Å². The van der Waals surface area contributed by atoms with Crippen molar-refractivity contribution in [2.75, 3.05) is 0 Å². The van der Waals surface area contributed by atoms with Crippen LogP contribution in [0.2, 0.25) is 0 Å². The molecule has 0 radical (unpaired) electrons. The number of hydrogen-bond donors (Lipinski definition) is 1. The van der Waals surface area contributed by atoms with Crippen LogP contribution < -0.4 is 5.73 Å². The summed E-state index contributed by atoms with van der Waals surface area (Å²) in [5, 5.41) is 0. The Labute approximate surface area is 125 Å². The molecule has 20 heavy (non-hydrogen) atoms. The van der Waals surface area contributed by atoms with Gasteiger partial charge in [0, 0.05) is 18.4 Å². The van der Waals surface area contributed by atoms with Gasteiger partial charge in [0.15, 0.2) is 0 Å². The van der Waals surface area contributed by atoms with Crippen LogP contribution in [0.3, 0.4) is 0 Å². The number of rotatable bonds is 11. The molecule has 0 aliphatic carbocycles. The molecule has 0 bridgehead atoms. The van der Waals surface area contributed by atoms with Crippen LogP contribution in [0.15, 0.2) is 18.5 Å². The monoisotopic (exact) mass is 276 g/mol. The lowest BCUT2D eigenvalue weighted by molar-refractivity contribution is 0.531. The van der Waals surface area contributed by atoms with Gasteiger partial charge in [-0.15, -0.1) is 0 Å². The van der Waals surface area contributed by atoms with Crippen LogP contribution in [-0.4, -0.2) is 4.98 Å². The second-order valence-electron chi connectivity index (χ2n) is 5.96. The minimum absolute atomic E-state index is 0.160. The highest BCUT2D eigenvalue weighted by Crippen LogP contribution is 2.20. The first-order valence-electron chi connectivity index (χ1n) is 8.41. The van der Waals surface area contributed by atoms with E-state index in [1.165, 1.54) is 68.9 Å². The fraction of sp³-hybridized carbons (Fsp3) is 0.722. The molecular weight excluding hydrogens is 244 g/mol. The van der Waals surface area contributed by atoms with E-state index in [1.54, 1.807) is 0 Å². The molecule has 1 aromatic rings. The molecular formula is C18H32N2. The summed E-state index contributed by atoms with van der Waals surface area (Å²) in [6.07, 6.45) is 17.2. The van der Waals surface area contributed by atoms with E-state index < -0.39 is 0 Å². The van der Waals surface area contributed by atoms with Gasteiger partial charge in [-0.1, -0.05) is 64.7 Å². The lowest BCUT2D eigenvalue weighted by Gasteiger charge is -2.13. The van der Waals surface area contributed by atoms with Gasteiger partial charge >= 0.3 is 0 Å². The third-order valence-electron chi connectivity index (χ3n) is 4.10. The average molecular weight is 276 g/mol. The third kappa shape index (κ3) is 7.04. The van der Waals surface area contributed by atoms with Crippen molar-refractivity contribution in [3.05, 3.63) is 29.6 Å². The number of unbranched alkanes of at least 4 members (excludes halogenated alkanes) is 8. The van der Waals surface area contributed by atoms with Gasteiger partial charge in [0.25, 0.3) is 0 Å². The van der Waals surface area contributed by atoms with Gasteiger partial charge in [0.1, 0.15) is 0 Å². The zero-order chi connectivity index (χ0) is 14.6. The van der Waals surface area contributed by atoms with E-state index >= 15 is 0 Å². The van der Waals surface area contributed by atoms with Crippen molar-refractivity contribution in [2.45, 2.75) is 84.1 Å². The quantitative estimate of drug-likeness (QED) is 0.556. The molecule has 114 valence electrons. The molecule has 1 unspecified atom stereocenters. The maximum atomic E-state index is 6.25. The molecule has 1 atom stereocenters. The lowest BCUT2D eigenvalue weighted by Crippen LogP contribution is -2.11. The second-order valence-corrected chi connectivity index (χ2v) is 5.96. The Balaban J connectivity index is 2.03. The van der Waals surface area contributed by atoms with Gasteiger partial charge in [-0.05, 0) is 30.5 Å². The van der Waals surface area contributed by atoms with Crippen LogP contribution >= 0.6 is 0 Å². The molecule has 0 aliphatic rings. The van der Waals surface area contributed by atoms with E-state index in [9.17, 15) is 0 Å². The van der Waals surface area contributed by atoms with Gasteiger partial charge in [0.05, 0.1) is 0 Å². The molecule has 2 heteroatoms. The average Bonchev–Trinajstić information content (AvgIpc) is 2.46. The van der Waals surface area contributed by atoms with E-state index in [0.717, 1.165) is 6.42 Å². The SMILES string of the molecule is CCCCCCCCCCCC(N)c1cnccc1C. The smallest absolute Gasteiger partial charge is 0.0318 e. The highest BCUT2D eigenvalue weighted by molar-refractivity contribution is 5.24. The largest absolute Gasteiger partial charge is 0.324 e. The third-order valence-corrected chi connectivity index (χ3v) is 4.10. The number of nitrogens with two attached hydrogens (primary N) is 1. The van der Waals surface area contributed by atoms with Gasteiger partial charge < -0.3 is 5.73 Å². The molecule has 0 saturated carbocycles. The predicted octanol–water partition coefficient (Wildman–Crippen LogP) is 5.31. The summed E-state index contributed by atoms with van der Waals surface area (Å²) in [7, 11) is 0. The molecule has 1 aromatic heterocycles. The molecule has 2 N–H and O–H groups in total. The van der Waals surface area contributed by atoms with Gasteiger partial charge in [-0.2, -0.15) is 0 Å². The van der Waals surface area contributed by atoms with Crippen molar-refractivity contribution in [1.29, 1.82) is 0 Å². The Hall–Kier alpha value is -0.890. The highest BCUT2D eigenvalue weighted by Gasteiger charge is 2.08. The number of pyridine rings is 1. The van der Waals surface area contributed by atoms with Gasteiger partial charge in [-0.3, -0.25) is 4.98 Å². The zero-order valence-electron chi connectivity index (χ0n) is 13.4. The maximum Gasteiger partial charge on any atom is 0.0318 e. The summed E-state index contributed by atoms with van der Waals surface area (Å²) in [5.41, 5.74) is 8.73. The van der Waals surface area contributed by atoms with Crippen LogP contribution in [-0.2, 0) is 0 Å². The molecule has 0 amide bonds. The van der Waals surface area contributed by atoms with Gasteiger partial charge in [0.2, 0.25) is 0 Å². The molecule has 0 spiro atoms. The van der Waals surface area contributed by atoms with Gasteiger partial charge in [-0.25, -0.2) is 0 Å². The number of aromatic nitrogens is 1. The number of nitrogens with zero attached hydrogens (tertiary/aromatic N) is 1. The zero-order valence-corrected chi connectivity index (χ0v) is 13.4. The van der Waals surface area contributed by atoms with Crippen LogP contribution in [0.25, 0.3) is 0 Å². The molecule has 0 saturated heterocycles. The Morgan fingerprint density at radius 2 is 1.60 bits per heavy atom. The van der Waals surface area contributed by atoms with E-state index in [1.807, 2.05) is 18.5 Å². The first-order valence-corrected chi connectivity index (χ1v) is 8.41. The van der Waals surface area contributed by atoms with Crippen LogP contribution in [0.5, 0.6) is 0 Å². The Bertz CT molecular complexity index is 349. The number of hydrogen-bond acceptors (Lipinski definition) is 2. The highest BCUT2D eigenvalue weighted by atomic mass is 14.7. The van der Waals surface area contributed by atoms with Crippen LogP contribution in [0.1, 0.15) is 88.3 Å². The minimum atomic E-state index is 0.160. The number of aryl methyl sites for hydroxylation is 1. The Morgan fingerprint density at radius 1 is 1.00 bits per heavy atom. The Morgan fingerprint density at radius 3 is 2.20 bits per heavy atom. The lowest BCUT2D eigenvalue weighted by atomic mass is 9.98. The van der Waals surface area contributed by atoms with Crippen molar-refractivity contribution < 1.29 is 0 Å². The van der Waals surface area contributed by atoms with Crippen LogP contribution in [0.4, 0.5) is 0 Å². The molecule has 0 aromatic carbocycles. The van der Waals surface area contributed by atoms with E-state index in [0.29, 0.717) is 0 Å². The second kappa shape index (κ2) is 10.8. The summed E-state index contributed by atoms with van der Waals surface area (Å²) < 4.78 is 0. The normalized spacial score (nSPS) is 12.6. The summed E-state index contributed by atoms with van der Waals surface area (Å²) >= 11 is 0. The Kier molecular flexibility index (Phi) is 9.31. The molecule has 0 fully saturated rings. The van der Waals surface area contributed by atoms with E-state index in [-0.39, 0.29) is 6.04 Å². The fourth-order valence-electron chi connectivity index (χ4n) is 2.69. The van der Waals surface area contributed by atoms with Crippen molar-refractivity contribution in [1.82, 2.24) is 4.98 Å².